The Labute approximate surface area is 104 Å². The van der Waals surface area contributed by atoms with Gasteiger partial charge in [-0.05, 0) is 35.9 Å². The first-order valence-electron chi connectivity index (χ1n) is 5.42. The Morgan fingerprint density at radius 2 is 1.94 bits per heavy atom. The number of rotatable bonds is 3. The van der Waals surface area contributed by atoms with Crippen LogP contribution in [-0.2, 0) is 11.3 Å². The van der Waals surface area contributed by atoms with Gasteiger partial charge in [0.15, 0.2) is 0 Å². The van der Waals surface area contributed by atoms with Gasteiger partial charge in [0.1, 0.15) is 12.4 Å². The third-order valence-electron chi connectivity index (χ3n) is 2.38. The highest BCUT2D eigenvalue weighted by Crippen LogP contribution is 2.10. The standard InChI is InChI=1S/C14H12FNO2/c15-12-5-1-3-10(7-12)9-18-14(17)11-4-2-6-13(16)8-11/h1-8H,9,16H2. The third-order valence-corrected chi connectivity index (χ3v) is 2.38. The molecule has 2 aromatic carbocycles. The molecule has 92 valence electrons. The van der Waals surface area contributed by atoms with Crippen molar-refractivity contribution in [3.63, 3.8) is 0 Å². The Balaban J connectivity index is 2.00. The number of anilines is 1. The van der Waals surface area contributed by atoms with Crippen LogP contribution < -0.4 is 5.73 Å². The Morgan fingerprint density at radius 3 is 2.67 bits per heavy atom. The molecular formula is C14H12FNO2. The van der Waals surface area contributed by atoms with Crippen LogP contribution in [-0.4, -0.2) is 5.97 Å². The lowest BCUT2D eigenvalue weighted by Gasteiger charge is -2.05. The summed E-state index contributed by atoms with van der Waals surface area (Å²) in [6.07, 6.45) is 0. The Hall–Kier alpha value is -2.36. The molecule has 0 unspecified atom stereocenters. The summed E-state index contributed by atoms with van der Waals surface area (Å²) in [5, 5.41) is 0. The quantitative estimate of drug-likeness (QED) is 0.668. The SMILES string of the molecule is Nc1cccc(C(=O)OCc2cccc(F)c2)c1. The summed E-state index contributed by atoms with van der Waals surface area (Å²) in [4.78, 5) is 11.7. The predicted octanol–water partition coefficient (Wildman–Crippen LogP) is 2.76. The van der Waals surface area contributed by atoms with Crippen molar-refractivity contribution in [2.75, 3.05) is 5.73 Å². The highest BCUT2D eigenvalue weighted by atomic mass is 19.1. The number of benzene rings is 2. The molecule has 0 heterocycles. The van der Waals surface area contributed by atoms with E-state index < -0.39 is 5.97 Å². The molecule has 0 saturated carbocycles. The molecule has 2 aromatic rings. The Bertz CT molecular complexity index is 569. The lowest BCUT2D eigenvalue weighted by atomic mass is 10.2. The fourth-order valence-corrected chi connectivity index (χ4v) is 1.52. The summed E-state index contributed by atoms with van der Waals surface area (Å²) in [5.74, 6) is -0.834. The molecule has 0 spiro atoms. The van der Waals surface area contributed by atoms with Gasteiger partial charge in [0.25, 0.3) is 0 Å². The summed E-state index contributed by atoms with van der Waals surface area (Å²) < 4.78 is 18.0. The maximum absolute atomic E-state index is 12.9. The zero-order valence-electron chi connectivity index (χ0n) is 9.60. The van der Waals surface area contributed by atoms with Gasteiger partial charge in [0, 0.05) is 5.69 Å². The van der Waals surface area contributed by atoms with Crippen molar-refractivity contribution in [3.8, 4) is 0 Å². The largest absolute Gasteiger partial charge is 0.457 e. The number of carbonyl (C=O) groups excluding carboxylic acids is 1. The highest BCUT2D eigenvalue weighted by Gasteiger charge is 2.07. The molecule has 0 atom stereocenters. The van der Waals surface area contributed by atoms with E-state index in [1.54, 1.807) is 30.3 Å². The topological polar surface area (TPSA) is 52.3 Å². The molecule has 0 aliphatic heterocycles. The van der Waals surface area contributed by atoms with Crippen molar-refractivity contribution in [2.45, 2.75) is 6.61 Å². The lowest BCUT2D eigenvalue weighted by molar-refractivity contribution is 0.0472. The van der Waals surface area contributed by atoms with E-state index in [0.29, 0.717) is 16.8 Å². The molecule has 3 nitrogen and oxygen atoms in total. The monoisotopic (exact) mass is 245 g/mol. The van der Waals surface area contributed by atoms with Gasteiger partial charge in [0.05, 0.1) is 5.56 Å². The molecule has 2 rings (SSSR count). The predicted molar refractivity (Wildman–Crippen MR) is 66.4 cm³/mol. The van der Waals surface area contributed by atoms with Gasteiger partial charge in [-0.3, -0.25) is 0 Å². The maximum atomic E-state index is 12.9. The number of esters is 1. The number of hydrogen-bond donors (Lipinski definition) is 1. The zero-order valence-corrected chi connectivity index (χ0v) is 9.60. The lowest BCUT2D eigenvalue weighted by Crippen LogP contribution is -2.05. The van der Waals surface area contributed by atoms with Crippen LogP contribution in [0.25, 0.3) is 0 Å². The van der Waals surface area contributed by atoms with Crippen LogP contribution in [0.3, 0.4) is 0 Å². The van der Waals surface area contributed by atoms with Crippen LogP contribution in [0.4, 0.5) is 10.1 Å². The van der Waals surface area contributed by atoms with Gasteiger partial charge in [-0.25, -0.2) is 9.18 Å². The van der Waals surface area contributed by atoms with E-state index in [9.17, 15) is 9.18 Å². The van der Waals surface area contributed by atoms with Gasteiger partial charge < -0.3 is 10.5 Å². The normalized spacial score (nSPS) is 10.1. The van der Waals surface area contributed by atoms with E-state index in [1.807, 2.05) is 0 Å². The van der Waals surface area contributed by atoms with E-state index in [1.165, 1.54) is 18.2 Å². The molecule has 0 aliphatic rings. The van der Waals surface area contributed by atoms with Crippen molar-refractivity contribution < 1.29 is 13.9 Å². The second-order valence-electron chi connectivity index (χ2n) is 3.83. The van der Waals surface area contributed by atoms with Crippen LogP contribution in [0.1, 0.15) is 15.9 Å². The second kappa shape index (κ2) is 5.31. The summed E-state index contributed by atoms with van der Waals surface area (Å²) in [7, 11) is 0. The van der Waals surface area contributed by atoms with Gasteiger partial charge in [-0.15, -0.1) is 0 Å². The summed E-state index contributed by atoms with van der Waals surface area (Å²) >= 11 is 0. The fraction of sp³-hybridized carbons (Fsp3) is 0.0714. The van der Waals surface area contributed by atoms with E-state index >= 15 is 0 Å². The summed E-state index contributed by atoms with van der Waals surface area (Å²) in [6, 6.07) is 12.4. The van der Waals surface area contributed by atoms with Crippen LogP contribution in [0.2, 0.25) is 0 Å². The van der Waals surface area contributed by atoms with Crippen molar-refractivity contribution in [1.82, 2.24) is 0 Å². The van der Waals surface area contributed by atoms with Crippen LogP contribution >= 0.6 is 0 Å². The number of ether oxygens (including phenoxy) is 1. The minimum atomic E-state index is -0.480. The maximum Gasteiger partial charge on any atom is 0.338 e. The Morgan fingerprint density at radius 1 is 1.17 bits per heavy atom. The Kier molecular flexibility index (Phi) is 3.57. The van der Waals surface area contributed by atoms with E-state index in [4.69, 9.17) is 10.5 Å². The minimum Gasteiger partial charge on any atom is -0.457 e. The third kappa shape index (κ3) is 3.07. The average Bonchev–Trinajstić information content (AvgIpc) is 2.36. The number of nitrogen functional groups attached to an aromatic ring is 1. The van der Waals surface area contributed by atoms with Gasteiger partial charge in [0.2, 0.25) is 0 Å². The molecular weight excluding hydrogens is 233 g/mol. The average molecular weight is 245 g/mol. The van der Waals surface area contributed by atoms with Crippen molar-refractivity contribution in [3.05, 3.63) is 65.5 Å². The van der Waals surface area contributed by atoms with E-state index in [2.05, 4.69) is 0 Å². The number of hydrogen-bond acceptors (Lipinski definition) is 3. The molecule has 4 heteroatoms. The van der Waals surface area contributed by atoms with E-state index in [0.717, 1.165) is 0 Å². The molecule has 0 amide bonds. The first-order chi connectivity index (χ1) is 8.65. The fourth-order valence-electron chi connectivity index (χ4n) is 1.52. The summed E-state index contributed by atoms with van der Waals surface area (Å²) in [6.45, 7) is 0.0331. The number of halogens is 1. The first-order valence-corrected chi connectivity index (χ1v) is 5.42. The van der Waals surface area contributed by atoms with Gasteiger partial charge >= 0.3 is 5.97 Å². The van der Waals surface area contributed by atoms with Crippen LogP contribution in [0, 0.1) is 5.82 Å². The zero-order chi connectivity index (χ0) is 13.0. The van der Waals surface area contributed by atoms with Gasteiger partial charge in [-0.1, -0.05) is 18.2 Å². The van der Waals surface area contributed by atoms with Gasteiger partial charge in [-0.2, -0.15) is 0 Å². The van der Waals surface area contributed by atoms with Crippen molar-refractivity contribution in [1.29, 1.82) is 0 Å². The van der Waals surface area contributed by atoms with Crippen LogP contribution in [0.5, 0.6) is 0 Å². The highest BCUT2D eigenvalue weighted by molar-refractivity contribution is 5.90. The molecule has 0 bridgehead atoms. The minimum absolute atomic E-state index is 0.0331. The van der Waals surface area contributed by atoms with Crippen molar-refractivity contribution >= 4 is 11.7 Å². The molecule has 2 N–H and O–H groups in total. The smallest absolute Gasteiger partial charge is 0.338 e. The van der Waals surface area contributed by atoms with E-state index in [-0.39, 0.29) is 12.4 Å². The van der Waals surface area contributed by atoms with Crippen LogP contribution in [0.15, 0.2) is 48.5 Å². The number of nitrogens with two attached hydrogens (primary N) is 1. The molecule has 18 heavy (non-hydrogen) atoms. The molecule has 0 fully saturated rings. The first kappa shape index (κ1) is 12.1. The summed E-state index contributed by atoms with van der Waals surface area (Å²) in [5.41, 5.74) is 7.05. The molecule has 0 radical (unpaired) electrons. The molecule has 0 saturated heterocycles. The second-order valence-corrected chi connectivity index (χ2v) is 3.83. The van der Waals surface area contributed by atoms with Crippen molar-refractivity contribution in [2.24, 2.45) is 0 Å². The molecule has 0 aliphatic carbocycles. The number of carbonyl (C=O) groups is 1. The molecule has 0 aromatic heterocycles.